The van der Waals surface area contributed by atoms with Crippen molar-refractivity contribution in [2.24, 2.45) is 0 Å². The van der Waals surface area contributed by atoms with Gasteiger partial charge in [0.15, 0.2) is 0 Å². The van der Waals surface area contributed by atoms with Crippen LogP contribution in [-0.4, -0.2) is 55.5 Å². The molecule has 2 heterocycles. The lowest BCUT2D eigenvalue weighted by Gasteiger charge is -2.42. The number of benzene rings is 2. The number of rotatable bonds is 3. The van der Waals surface area contributed by atoms with E-state index in [0.29, 0.717) is 49.7 Å². The number of piperidine rings is 1. The highest BCUT2D eigenvalue weighted by Gasteiger charge is 2.50. The third-order valence-corrected chi connectivity index (χ3v) is 7.55. The molecule has 0 radical (unpaired) electrons. The Bertz CT molecular complexity index is 973. The highest BCUT2D eigenvalue weighted by Crippen LogP contribution is 2.38. The minimum absolute atomic E-state index is 0.104. The molecule has 1 amide bonds. The van der Waals surface area contributed by atoms with Crippen molar-refractivity contribution in [2.75, 3.05) is 26.2 Å². The number of amides is 1. The molecule has 1 spiro atoms. The van der Waals surface area contributed by atoms with Crippen molar-refractivity contribution in [3.63, 3.8) is 0 Å². The lowest BCUT2D eigenvalue weighted by Crippen LogP contribution is -2.55. The van der Waals surface area contributed by atoms with Gasteiger partial charge in [-0.05, 0) is 30.3 Å². The topological polar surface area (TPSA) is 66.9 Å². The lowest BCUT2D eigenvalue weighted by atomic mass is 10.00. The first-order valence-electron chi connectivity index (χ1n) is 9.19. The van der Waals surface area contributed by atoms with E-state index in [1.54, 1.807) is 59.5 Å². The fourth-order valence-electron chi connectivity index (χ4n) is 3.91. The SMILES string of the molecule is O=C(c1cccc(Cl)c1)N1CCC2(CC1)OCCN2S(=O)(=O)c1ccccc1. The largest absolute Gasteiger partial charge is 0.358 e. The van der Waals surface area contributed by atoms with Crippen LogP contribution in [0.5, 0.6) is 0 Å². The second-order valence-corrected chi connectivity index (χ2v) is 9.29. The molecule has 0 aliphatic carbocycles. The molecular weight excluding hydrogens is 400 g/mol. The molecule has 8 heteroatoms. The fraction of sp³-hybridized carbons (Fsp3) is 0.350. The summed E-state index contributed by atoms with van der Waals surface area (Å²) in [6, 6.07) is 15.2. The number of carbonyl (C=O) groups is 1. The number of halogens is 1. The maximum Gasteiger partial charge on any atom is 0.253 e. The molecule has 2 aliphatic rings. The van der Waals surface area contributed by atoms with Gasteiger partial charge in [0.25, 0.3) is 5.91 Å². The standard InChI is InChI=1S/C20H21ClN2O4S/c21-17-6-4-5-16(15-17)19(24)22-11-9-20(10-12-22)23(13-14-27-20)28(25,26)18-7-2-1-3-8-18/h1-8,15H,9-14H2. The summed E-state index contributed by atoms with van der Waals surface area (Å²) in [7, 11) is -3.65. The van der Waals surface area contributed by atoms with Crippen LogP contribution < -0.4 is 0 Å². The summed E-state index contributed by atoms with van der Waals surface area (Å²) < 4.78 is 33.7. The molecule has 2 fully saturated rings. The van der Waals surface area contributed by atoms with Gasteiger partial charge in [0.05, 0.1) is 11.5 Å². The molecule has 0 aromatic heterocycles. The quantitative estimate of drug-likeness (QED) is 0.765. The summed E-state index contributed by atoms with van der Waals surface area (Å²) in [5.41, 5.74) is -0.357. The first-order valence-corrected chi connectivity index (χ1v) is 11.0. The van der Waals surface area contributed by atoms with Crippen LogP contribution in [0.3, 0.4) is 0 Å². The Morgan fingerprint density at radius 3 is 2.39 bits per heavy atom. The number of hydrogen-bond donors (Lipinski definition) is 0. The van der Waals surface area contributed by atoms with Crippen molar-refractivity contribution in [1.82, 2.24) is 9.21 Å². The molecule has 0 bridgehead atoms. The van der Waals surface area contributed by atoms with Crippen LogP contribution in [0.1, 0.15) is 23.2 Å². The van der Waals surface area contributed by atoms with Gasteiger partial charge in [0.1, 0.15) is 5.72 Å². The van der Waals surface area contributed by atoms with Crippen molar-refractivity contribution < 1.29 is 17.9 Å². The van der Waals surface area contributed by atoms with Crippen LogP contribution in [-0.2, 0) is 14.8 Å². The molecule has 0 atom stereocenters. The molecule has 148 valence electrons. The van der Waals surface area contributed by atoms with E-state index in [2.05, 4.69) is 0 Å². The number of nitrogens with zero attached hydrogens (tertiary/aromatic N) is 2. The van der Waals surface area contributed by atoms with Crippen LogP contribution in [0, 0.1) is 0 Å². The van der Waals surface area contributed by atoms with Gasteiger partial charge in [0.2, 0.25) is 10.0 Å². The van der Waals surface area contributed by atoms with E-state index >= 15 is 0 Å². The monoisotopic (exact) mass is 420 g/mol. The third-order valence-electron chi connectivity index (χ3n) is 5.35. The van der Waals surface area contributed by atoms with Crippen molar-refractivity contribution in [3.8, 4) is 0 Å². The first-order chi connectivity index (χ1) is 13.4. The highest BCUT2D eigenvalue weighted by molar-refractivity contribution is 7.89. The summed E-state index contributed by atoms with van der Waals surface area (Å²) in [5.74, 6) is -0.104. The van der Waals surface area contributed by atoms with E-state index < -0.39 is 15.7 Å². The molecule has 2 saturated heterocycles. The summed E-state index contributed by atoms with van der Waals surface area (Å²) in [6.07, 6.45) is 0.872. The number of hydrogen-bond acceptors (Lipinski definition) is 4. The van der Waals surface area contributed by atoms with Crippen LogP contribution in [0.2, 0.25) is 5.02 Å². The van der Waals surface area contributed by atoms with Crippen LogP contribution >= 0.6 is 11.6 Å². The van der Waals surface area contributed by atoms with E-state index in [-0.39, 0.29) is 10.8 Å². The van der Waals surface area contributed by atoms with E-state index in [0.717, 1.165) is 0 Å². The molecule has 0 saturated carbocycles. The Hall–Kier alpha value is -1.93. The van der Waals surface area contributed by atoms with Crippen molar-refractivity contribution in [1.29, 1.82) is 0 Å². The normalized spacial score (nSPS) is 19.8. The molecule has 0 N–H and O–H groups in total. The predicted octanol–water partition coefficient (Wildman–Crippen LogP) is 2.99. The fourth-order valence-corrected chi connectivity index (χ4v) is 5.84. The smallest absolute Gasteiger partial charge is 0.253 e. The average molecular weight is 421 g/mol. The van der Waals surface area contributed by atoms with Gasteiger partial charge in [-0.25, -0.2) is 8.42 Å². The van der Waals surface area contributed by atoms with Crippen LogP contribution in [0.4, 0.5) is 0 Å². The van der Waals surface area contributed by atoms with Crippen molar-refractivity contribution >= 4 is 27.5 Å². The van der Waals surface area contributed by atoms with Gasteiger partial charge in [-0.15, -0.1) is 0 Å². The Morgan fingerprint density at radius 2 is 1.71 bits per heavy atom. The van der Waals surface area contributed by atoms with Crippen molar-refractivity contribution in [2.45, 2.75) is 23.5 Å². The molecule has 4 rings (SSSR count). The number of carbonyl (C=O) groups excluding carboxylic acids is 1. The van der Waals surface area contributed by atoms with Gasteiger partial charge < -0.3 is 9.64 Å². The minimum atomic E-state index is -3.65. The van der Waals surface area contributed by atoms with Gasteiger partial charge in [0, 0.05) is 43.1 Å². The number of likely N-dealkylation sites (tertiary alicyclic amines) is 1. The Balaban J connectivity index is 1.52. The van der Waals surface area contributed by atoms with Crippen LogP contribution in [0.25, 0.3) is 0 Å². The zero-order chi connectivity index (χ0) is 19.8. The molecule has 6 nitrogen and oxygen atoms in total. The zero-order valence-electron chi connectivity index (χ0n) is 15.3. The molecule has 28 heavy (non-hydrogen) atoms. The van der Waals surface area contributed by atoms with E-state index in [9.17, 15) is 13.2 Å². The third kappa shape index (κ3) is 3.43. The maximum atomic E-state index is 13.1. The summed E-state index contributed by atoms with van der Waals surface area (Å²) in [4.78, 5) is 14.7. The Labute approximate surface area is 169 Å². The second kappa shape index (κ2) is 7.48. The molecular formula is C20H21ClN2O4S. The molecule has 0 unspecified atom stereocenters. The summed E-state index contributed by atoms with van der Waals surface area (Å²) in [6.45, 7) is 1.52. The maximum absolute atomic E-state index is 13.1. The van der Waals surface area contributed by atoms with E-state index in [1.165, 1.54) is 4.31 Å². The zero-order valence-corrected chi connectivity index (χ0v) is 16.8. The Morgan fingerprint density at radius 1 is 1.00 bits per heavy atom. The predicted molar refractivity (Wildman–Crippen MR) is 106 cm³/mol. The second-order valence-electron chi connectivity index (χ2n) is 6.99. The molecule has 2 aromatic carbocycles. The van der Waals surface area contributed by atoms with Crippen molar-refractivity contribution in [3.05, 3.63) is 65.2 Å². The Kier molecular flexibility index (Phi) is 5.18. The minimum Gasteiger partial charge on any atom is -0.358 e. The molecule has 2 aliphatic heterocycles. The average Bonchev–Trinajstić information content (AvgIpc) is 3.12. The number of sulfonamides is 1. The van der Waals surface area contributed by atoms with Gasteiger partial charge in [-0.3, -0.25) is 4.79 Å². The summed E-state index contributed by atoms with van der Waals surface area (Å²) >= 11 is 5.99. The van der Waals surface area contributed by atoms with Gasteiger partial charge >= 0.3 is 0 Å². The van der Waals surface area contributed by atoms with Crippen LogP contribution in [0.15, 0.2) is 59.5 Å². The first kappa shape index (κ1) is 19.4. The van der Waals surface area contributed by atoms with Gasteiger partial charge in [-0.2, -0.15) is 4.31 Å². The van der Waals surface area contributed by atoms with E-state index in [1.807, 2.05) is 0 Å². The van der Waals surface area contributed by atoms with E-state index in [4.69, 9.17) is 16.3 Å². The number of ether oxygens (including phenoxy) is 1. The molecule has 2 aromatic rings. The summed E-state index contributed by atoms with van der Waals surface area (Å²) in [5, 5.41) is 0.513. The highest BCUT2D eigenvalue weighted by atomic mass is 35.5. The van der Waals surface area contributed by atoms with Gasteiger partial charge in [-0.1, -0.05) is 35.9 Å². The lowest BCUT2D eigenvalue weighted by molar-refractivity contribution is -0.0857.